The number of nitrogens with zero attached hydrogens (tertiary/aromatic N) is 8. The second kappa shape index (κ2) is 11.0. The van der Waals surface area contributed by atoms with Crippen molar-refractivity contribution in [2.24, 2.45) is 7.05 Å². The smallest absolute Gasteiger partial charge is 0.273 e. The van der Waals surface area contributed by atoms with Crippen LogP contribution >= 0.6 is 0 Å². The van der Waals surface area contributed by atoms with E-state index in [4.69, 9.17) is 9.72 Å². The third-order valence-corrected chi connectivity index (χ3v) is 7.65. The molecule has 0 saturated carbocycles. The Kier molecular flexibility index (Phi) is 7.26. The third kappa shape index (κ3) is 5.98. The Morgan fingerprint density at radius 1 is 1.15 bits per heavy atom. The van der Waals surface area contributed by atoms with E-state index in [9.17, 15) is 4.79 Å². The van der Waals surface area contributed by atoms with Crippen LogP contribution in [-0.2, 0) is 23.9 Å². The van der Waals surface area contributed by atoms with Crippen LogP contribution in [0.4, 0.5) is 11.6 Å². The molecule has 2 N–H and O–H groups in total. The van der Waals surface area contributed by atoms with Crippen molar-refractivity contribution in [1.29, 1.82) is 0 Å². The van der Waals surface area contributed by atoms with E-state index in [1.807, 2.05) is 40.1 Å². The summed E-state index contributed by atoms with van der Waals surface area (Å²) in [5, 5.41) is 19.0. The number of hydrogen-bond acceptors (Lipinski definition) is 9. The quantitative estimate of drug-likeness (QED) is 0.367. The van der Waals surface area contributed by atoms with Crippen LogP contribution < -0.4 is 10.6 Å². The first kappa shape index (κ1) is 27.0. The van der Waals surface area contributed by atoms with Gasteiger partial charge in [-0.1, -0.05) is 17.3 Å². The molecule has 2 aliphatic rings. The van der Waals surface area contributed by atoms with Gasteiger partial charge in [0.1, 0.15) is 0 Å². The minimum absolute atomic E-state index is 0.160. The Labute approximate surface area is 239 Å². The first-order valence-electron chi connectivity index (χ1n) is 14.0. The topological polar surface area (TPSA) is 128 Å². The summed E-state index contributed by atoms with van der Waals surface area (Å²) >= 11 is 0. The number of amides is 1. The molecule has 1 aromatic carbocycles. The summed E-state index contributed by atoms with van der Waals surface area (Å²) < 4.78 is 9.16. The number of carbonyl (C=O) groups is 1. The molecule has 1 saturated heterocycles. The molecular weight excluding hydrogens is 520 g/mol. The maximum atomic E-state index is 13.3. The lowest BCUT2D eigenvalue weighted by Gasteiger charge is -2.26. The van der Waals surface area contributed by atoms with Crippen molar-refractivity contribution in [3.05, 3.63) is 65.9 Å². The lowest BCUT2D eigenvalue weighted by Crippen LogP contribution is -2.36. The maximum absolute atomic E-state index is 13.3. The molecule has 5 heterocycles. The van der Waals surface area contributed by atoms with Crippen molar-refractivity contribution < 1.29 is 9.53 Å². The zero-order valence-electron chi connectivity index (χ0n) is 23.9. The van der Waals surface area contributed by atoms with Crippen LogP contribution in [0.15, 0.2) is 49.1 Å². The van der Waals surface area contributed by atoms with Gasteiger partial charge in [0.15, 0.2) is 5.69 Å². The van der Waals surface area contributed by atoms with Gasteiger partial charge in [0.25, 0.3) is 5.91 Å². The van der Waals surface area contributed by atoms with Gasteiger partial charge in [-0.3, -0.25) is 14.4 Å². The summed E-state index contributed by atoms with van der Waals surface area (Å²) in [6.07, 6.45) is 8.87. The minimum atomic E-state index is -0.255. The number of aryl methyl sites for hydroxylation is 1. The third-order valence-electron chi connectivity index (χ3n) is 7.65. The summed E-state index contributed by atoms with van der Waals surface area (Å²) in [4.78, 5) is 24.9. The molecule has 0 bridgehead atoms. The highest BCUT2D eigenvalue weighted by Gasteiger charge is 2.30. The van der Waals surface area contributed by atoms with Gasteiger partial charge in [0.2, 0.25) is 5.95 Å². The van der Waals surface area contributed by atoms with Crippen LogP contribution in [0.3, 0.4) is 0 Å². The van der Waals surface area contributed by atoms with Gasteiger partial charge >= 0.3 is 0 Å². The van der Waals surface area contributed by atoms with E-state index in [2.05, 4.69) is 54.1 Å². The largest absolute Gasteiger partial charge is 0.380 e. The highest BCUT2D eigenvalue weighted by atomic mass is 16.5. The Balaban J connectivity index is 1.28. The Bertz CT molecular complexity index is 1530. The van der Waals surface area contributed by atoms with Crippen LogP contribution in [-0.4, -0.2) is 71.3 Å². The van der Waals surface area contributed by atoms with Crippen LogP contribution in [0.2, 0.25) is 0 Å². The second-order valence-corrected chi connectivity index (χ2v) is 11.7. The molecule has 3 aromatic heterocycles. The Morgan fingerprint density at radius 3 is 2.76 bits per heavy atom. The molecule has 0 radical (unpaired) electrons. The molecule has 1 fully saturated rings. The second-order valence-electron chi connectivity index (χ2n) is 11.7. The summed E-state index contributed by atoms with van der Waals surface area (Å²) in [7, 11) is 1.87. The standard InChI is InChI=1S/C29H36N10O2/c1-29(2,3)39-17-26(35-36-39)27(40)33-25-8-11-38(22-9-12-41-18-22)15-20-13-19(5-6-23(20)25)24-7-10-30-28(34-24)32-21-14-31-37(4)16-21/h5-7,10,13-14,16-17,22,25H,8-9,11-12,15,18H2,1-4H3,(H,33,40)(H,30,32,34)/t22-,25-/m1/s1. The van der Waals surface area contributed by atoms with E-state index in [1.165, 1.54) is 0 Å². The number of ether oxygens (including phenoxy) is 1. The first-order valence-corrected chi connectivity index (χ1v) is 14.0. The molecular formula is C29H36N10O2. The zero-order valence-corrected chi connectivity index (χ0v) is 23.9. The van der Waals surface area contributed by atoms with Crippen molar-refractivity contribution in [3.63, 3.8) is 0 Å². The van der Waals surface area contributed by atoms with Crippen LogP contribution in [0.25, 0.3) is 11.3 Å². The van der Waals surface area contributed by atoms with E-state index in [1.54, 1.807) is 28.0 Å². The number of carbonyl (C=O) groups excluding carboxylic acids is 1. The fourth-order valence-electron chi connectivity index (χ4n) is 5.38. The van der Waals surface area contributed by atoms with Crippen LogP contribution in [0.1, 0.15) is 61.3 Å². The molecule has 0 unspecified atom stereocenters. The average Bonchev–Trinajstić information content (AvgIpc) is 3.71. The molecule has 12 nitrogen and oxygen atoms in total. The molecule has 214 valence electrons. The Morgan fingerprint density at radius 2 is 2.02 bits per heavy atom. The summed E-state index contributed by atoms with van der Waals surface area (Å²) in [5.41, 5.74) is 4.96. The molecule has 6 rings (SSSR count). The number of hydrogen-bond donors (Lipinski definition) is 2. The lowest BCUT2D eigenvalue weighted by atomic mass is 9.96. The summed E-state index contributed by atoms with van der Waals surface area (Å²) in [5.74, 6) is 0.281. The van der Waals surface area contributed by atoms with E-state index in [-0.39, 0.29) is 17.5 Å². The lowest BCUT2D eigenvalue weighted by molar-refractivity contribution is 0.0924. The normalized spacial score (nSPS) is 19.5. The summed E-state index contributed by atoms with van der Waals surface area (Å²) in [6, 6.07) is 8.49. The number of rotatable bonds is 6. The van der Waals surface area contributed by atoms with Crippen LogP contribution in [0.5, 0.6) is 0 Å². The monoisotopic (exact) mass is 556 g/mol. The SMILES string of the molecule is Cn1cc(Nc2nccc(-c3ccc4c(c3)CN([C@@H]3CCOC3)CC[C@H]4NC(=O)c3cn(C(C)(C)C)nn3)n2)cn1. The maximum Gasteiger partial charge on any atom is 0.273 e. The Hall–Kier alpha value is -4.16. The first-order chi connectivity index (χ1) is 19.7. The van der Waals surface area contributed by atoms with Crippen LogP contribution in [0, 0.1) is 0 Å². The van der Waals surface area contributed by atoms with Crippen molar-refractivity contribution in [1.82, 2.24) is 45.0 Å². The number of aromatic nitrogens is 7. The molecule has 2 aliphatic heterocycles. The van der Waals surface area contributed by atoms with Gasteiger partial charge in [-0.25, -0.2) is 14.6 Å². The highest BCUT2D eigenvalue weighted by molar-refractivity contribution is 5.92. The zero-order chi connectivity index (χ0) is 28.6. The average molecular weight is 557 g/mol. The van der Waals surface area contributed by atoms with Gasteiger partial charge in [-0.05, 0) is 56.9 Å². The molecule has 0 spiro atoms. The predicted octanol–water partition coefficient (Wildman–Crippen LogP) is 3.43. The van der Waals surface area contributed by atoms with Gasteiger partial charge in [0, 0.05) is 50.7 Å². The fourth-order valence-corrected chi connectivity index (χ4v) is 5.38. The predicted molar refractivity (Wildman–Crippen MR) is 153 cm³/mol. The molecule has 2 atom stereocenters. The van der Waals surface area contributed by atoms with E-state index < -0.39 is 0 Å². The number of benzene rings is 1. The molecule has 4 aromatic rings. The number of fused-ring (bicyclic) bond motifs is 1. The fraction of sp³-hybridized carbons (Fsp3) is 0.448. The van der Waals surface area contributed by atoms with E-state index in [0.29, 0.717) is 17.7 Å². The molecule has 1 amide bonds. The van der Waals surface area contributed by atoms with Gasteiger partial charge < -0.3 is 15.4 Å². The minimum Gasteiger partial charge on any atom is -0.380 e. The molecule has 12 heteroatoms. The van der Waals surface area contributed by atoms with Gasteiger partial charge in [-0.15, -0.1) is 5.10 Å². The van der Waals surface area contributed by atoms with Crippen molar-refractivity contribution >= 4 is 17.5 Å². The van der Waals surface area contributed by atoms with E-state index in [0.717, 1.165) is 67.2 Å². The molecule has 41 heavy (non-hydrogen) atoms. The summed E-state index contributed by atoms with van der Waals surface area (Å²) in [6.45, 7) is 9.22. The van der Waals surface area contributed by atoms with E-state index >= 15 is 0 Å². The van der Waals surface area contributed by atoms with Gasteiger partial charge in [-0.2, -0.15) is 5.10 Å². The number of anilines is 2. The van der Waals surface area contributed by atoms with Crippen molar-refractivity contribution in [3.8, 4) is 11.3 Å². The number of nitrogens with one attached hydrogen (secondary N) is 2. The van der Waals surface area contributed by atoms with Gasteiger partial charge in [0.05, 0.1) is 42.0 Å². The molecule has 0 aliphatic carbocycles. The highest BCUT2D eigenvalue weighted by Crippen LogP contribution is 2.32. The van der Waals surface area contributed by atoms with Crippen molar-refractivity contribution in [2.75, 3.05) is 25.1 Å². The van der Waals surface area contributed by atoms with Crippen molar-refractivity contribution in [2.45, 2.75) is 57.8 Å².